The Kier molecular flexibility index (Phi) is 6.41. The fourth-order valence-corrected chi connectivity index (χ4v) is 1.23. The van der Waals surface area contributed by atoms with Gasteiger partial charge in [0.1, 0.15) is 0 Å². The molecule has 0 unspecified atom stereocenters. The molecule has 0 aliphatic rings. The first-order valence-electron chi connectivity index (χ1n) is 5.18. The third kappa shape index (κ3) is 7.99. The first-order valence-corrected chi connectivity index (χ1v) is 5.18. The molecule has 0 aromatic heterocycles. The Morgan fingerprint density at radius 1 is 1.38 bits per heavy atom. The maximum absolute atomic E-state index is 10.7. The van der Waals surface area contributed by atoms with E-state index in [1.165, 1.54) is 0 Å². The van der Waals surface area contributed by atoms with E-state index in [-0.39, 0.29) is 6.42 Å². The van der Waals surface area contributed by atoms with E-state index in [1.807, 2.05) is 14.1 Å². The molecule has 0 heterocycles. The van der Waals surface area contributed by atoms with Crippen LogP contribution < -0.4 is 5.11 Å². The van der Waals surface area contributed by atoms with Crippen molar-refractivity contribution in [2.45, 2.75) is 12.8 Å². The lowest BCUT2D eigenvalue weighted by Crippen LogP contribution is -2.43. The summed E-state index contributed by atoms with van der Waals surface area (Å²) < 4.78 is 5.39. The van der Waals surface area contributed by atoms with Gasteiger partial charge in [-0.1, -0.05) is 6.58 Å². The number of hydrogen-bond acceptors (Lipinski definition) is 4. The van der Waals surface area contributed by atoms with E-state index < -0.39 is 11.9 Å². The van der Waals surface area contributed by atoms with Gasteiger partial charge in [0.25, 0.3) is 0 Å². The Morgan fingerprint density at radius 3 is 2.50 bits per heavy atom. The number of aliphatic carboxylic acids is 1. The lowest BCUT2D eigenvalue weighted by atomic mass is 10.3. The van der Waals surface area contributed by atoms with Crippen LogP contribution in [0.25, 0.3) is 0 Å². The predicted molar refractivity (Wildman–Crippen MR) is 57.2 cm³/mol. The first-order chi connectivity index (χ1) is 7.37. The van der Waals surface area contributed by atoms with Crippen molar-refractivity contribution in [3.63, 3.8) is 0 Å². The highest BCUT2D eigenvalue weighted by Crippen LogP contribution is 2.01. The Labute approximate surface area is 95.9 Å². The van der Waals surface area contributed by atoms with Crippen LogP contribution in [0.3, 0.4) is 0 Å². The molecule has 0 atom stereocenters. The molecule has 0 amide bonds. The molecule has 0 aromatic rings. The van der Waals surface area contributed by atoms with E-state index in [0.717, 1.165) is 12.6 Å². The Morgan fingerprint density at radius 2 is 2.00 bits per heavy atom. The number of nitrogens with zero attached hydrogens (tertiary/aromatic N) is 1. The average molecular weight is 229 g/mol. The molecule has 0 saturated heterocycles. The molecule has 0 fully saturated rings. The summed E-state index contributed by atoms with van der Waals surface area (Å²) in [6, 6.07) is 0. The third-order valence-electron chi connectivity index (χ3n) is 2.24. The Bertz CT molecular complexity index is 261. The lowest BCUT2D eigenvalue weighted by molar-refractivity contribution is -0.890. The summed E-state index contributed by atoms with van der Waals surface area (Å²) in [5.74, 6) is -1.47. The number of ether oxygens (including phenoxy) is 1. The van der Waals surface area contributed by atoms with Gasteiger partial charge in [-0.3, -0.25) is 0 Å². The molecule has 0 N–H and O–H groups in total. The molecule has 16 heavy (non-hydrogen) atoms. The number of carboxylic acids is 1. The second-order valence-corrected chi connectivity index (χ2v) is 4.23. The molecule has 0 saturated carbocycles. The van der Waals surface area contributed by atoms with Crippen molar-refractivity contribution < 1.29 is 23.9 Å². The van der Waals surface area contributed by atoms with Crippen LogP contribution in [-0.4, -0.2) is 50.2 Å². The van der Waals surface area contributed by atoms with Gasteiger partial charge in [0.05, 0.1) is 33.8 Å². The highest BCUT2D eigenvalue weighted by Gasteiger charge is 2.14. The largest absolute Gasteiger partial charge is 0.550 e. The molecule has 5 nitrogen and oxygen atoms in total. The van der Waals surface area contributed by atoms with Gasteiger partial charge in [-0.05, 0) is 0 Å². The van der Waals surface area contributed by atoms with Crippen molar-refractivity contribution >= 4 is 11.9 Å². The molecule has 0 rings (SSSR count). The Balaban J connectivity index is 3.69. The molecule has 0 radical (unpaired) electrons. The summed E-state index contributed by atoms with van der Waals surface area (Å²) in [4.78, 5) is 21.0. The smallest absolute Gasteiger partial charge is 0.330 e. The summed E-state index contributed by atoms with van der Waals surface area (Å²) in [6.07, 6.45) is 1.86. The Hall–Kier alpha value is -1.36. The third-order valence-corrected chi connectivity index (χ3v) is 2.24. The van der Waals surface area contributed by atoms with Crippen LogP contribution in [0, 0.1) is 0 Å². The van der Waals surface area contributed by atoms with Crippen LogP contribution in [0.2, 0.25) is 0 Å². The van der Waals surface area contributed by atoms with Crippen LogP contribution in [-0.2, 0) is 14.3 Å². The van der Waals surface area contributed by atoms with Crippen LogP contribution in [0.4, 0.5) is 0 Å². The maximum Gasteiger partial charge on any atom is 0.330 e. The highest BCUT2D eigenvalue weighted by atomic mass is 16.5. The number of carbonyl (C=O) groups excluding carboxylic acids is 2. The van der Waals surface area contributed by atoms with Crippen LogP contribution in [0.15, 0.2) is 12.7 Å². The van der Waals surface area contributed by atoms with Crippen molar-refractivity contribution in [2.75, 3.05) is 33.8 Å². The number of esters is 1. The van der Waals surface area contributed by atoms with E-state index in [9.17, 15) is 14.7 Å². The molecule has 92 valence electrons. The van der Waals surface area contributed by atoms with Crippen molar-refractivity contribution in [3.05, 3.63) is 12.7 Å². The predicted octanol–water partition coefficient (Wildman–Crippen LogP) is -0.678. The van der Waals surface area contributed by atoms with Crippen LogP contribution >= 0.6 is 0 Å². The van der Waals surface area contributed by atoms with Crippen LogP contribution in [0.1, 0.15) is 12.8 Å². The molecule has 0 aliphatic carbocycles. The number of carboxylic acid groups (broad SMARTS) is 1. The molecule has 0 bridgehead atoms. The number of quaternary nitrogens is 1. The zero-order valence-corrected chi connectivity index (χ0v) is 9.90. The van der Waals surface area contributed by atoms with Gasteiger partial charge in [-0.25, -0.2) is 4.79 Å². The molecule has 0 spiro atoms. The molecule has 5 heteroatoms. The maximum atomic E-state index is 10.7. The van der Waals surface area contributed by atoms with E-state index >= 15 is 0 Å². The van der Waals surface area contributed by atoms with Gasteiger partial charge in [-0.2, -0.15) is 0 Å². The lowest BCUT2D eigenvalue weighted by Gasteiger charge is -2.29. The van der Waals surface area contributed by atoms with E-state index in [1.54, 1.807) is 0 Å². The second-order valence-electron chi connectivity index (χ2n) is 4.23. The second kappa shape index (κ2) is 7.00. The zero-order chi connectivity index (χ0) is 12.6. The monoisotopic (exact) mass is 229 g/mol. The average Bonchev–Trinajstić information content (AvgIpc) is 2.21. The van der Waals surface area contributed by atoms with E-state index in [0.29, 0.717) is 24.1 Å². The topological polar surface area (TPSA) is 66.4 Å². The van der Waals surface area contributed by atoms with Crippen molar-refractivity contribution in [1.29, 1.82) is 0 Å². The van der Waals surface area contributed by atoms with Crippen molar-refractivity contribution in [1.82, 2.24) is 0 Å². The van der Waals surface area contributed by atoms with Gasteiger partial charge in [0, 0.05) is 24.9 Å². The highest BCUT2D eigenvalue weighted by molar-refractivity contribution is 5.81. The number of hydrogen-bond donors (Lipinski definition) is 0. The summed E-state index contributed by atoms with van der Waals surface area (Å²) in [6.45, 7) is 4.88. The molecule has 0 aromatic carbocycles. The fraction of sp³-hybridized carbons (Fsp3) is 0.636. The summed E-state index contributed by atoms with van der Waals surface area (Å²) >= 11 is 0. The zero-order valence-electron chi connectivity index (χ0n) is 9.90. The first kappa shape index (κ1) is 14.6. The summed E-state index contributed by atoms with van der Waals surface area (Å²) in [7, 11) is 3.86. The summed E-state index contributed by atoms with van der Waals surface area (Å²) in [5, 5.41) is 10.3. The number of carbonyl (C=O) groups is 2. The minimum absolute atomic E-state index is 0.0411. The SMILES string of the molecule is C=CC(=O)OCCC[N+](C)(C)CCC(=O)[O-]. The van der Waals surface area contributed by atoms with Crippen molar-refractivity contribution in [2.24, 2.45) is 0 Å². The van der Waals surface area contributed by atoms with E-state index in [2.05, 4.69) is 6.58 Å². The summed E-state index contributed by atoms with van der Waals surface area (Å²) in [5.41, 5.74) is 0. The molecule has 0 aliphatic heterocycles. The van der Waals surface area contributed by atoms with Gasteiger partial charge in [0.2, 0.25) is 0 Å². The van der Waals surface area contributed by atoms with Gasteiger partial charge in [-0.15, -0.1) is 0 Å². The minimum Gasteiger partial charge on any atom is -0.550 e. The standard InChI is InChI=1S/C11H19NO4/c1-4-11(15)16-9-5-7-12(2,3)8-6-10(13)14/h4H,1,5-9H2,2-3H3. The molecular weight excluding hydrogens is 210 g/mol. The molecular formula is C11H19NO4. The van der Waals surface area contributed by atoms with E-state index in [4.69, 9.17) is 4.74 Å². The van der Waals surface area contributed by atoms with Gasteiger partial charge in [0.15, 0.2) is 0 Å². The van der Waals surface area contributed by atoms with Gasteiger partial charge < -0.3 is 19.1 Å². The minimum atomic E-state index is -1.04. The normalized spacial score (nSPS) is 10.9. The van der Waals surface area contributed by atoms with Gasteiger partial charge >= 0.3 is 5.97 Å². The fourth-order valence-electron chi connectivity index (χ4n) is 1.23. The van der Waals surface area contributed by atoms with Crippen molar-refractivity contribution in [3.8, 4) is 0 Å². The quantitative estimate of drug-likeness (QED) is 0.239. The van der Waals surface area contributed by atoms with Crippen LogP contribution in [0.5, 0.6) is 0 Å². The number of rotatable bonds is 8.